The zero-order valence-corrected chi connectivity index (χ0v) is 11.9. The SMILES string of the molecule is CC1C(=O)NCCN1C(=O)c1csc2c1CCCC2. The standard InChI is InChI=1S/C14H18N2O2S/c1-9-13(17)15-6-7-16(9)14(18)11-8-19-12-5-3-2-4-10(11)12/h8-9H,2-7H2,1H3,(H,15,17). The molecule has 0 aromatic carbocycles. The van der Waals surface area contributed by atoms with Crippen molar-refractivity contribution in [3.63, 3.8) is 0 Å². The Bertz CT molecular complexity index is 524. The lowest BCUT2D eigenvalue weighted by atomic mass is 9.95. The zero-order chi connectivity index (χ0) is 13.4. The lowest BCUT2D eigenvalue weighted by molar-refractivity contribution is -0.127. The van der Waals surface area contributed by atoms with E-state index in [1.165, 1.54) is 23.3 Å². The summed E-state index contributed by atoms with van der Waals surface area (Å²) in [4.78, 5) is 27.4. The highest BCUT2D eigenvalue weighted by Gasteiger charge is 2.32. The Labute approximate surface area is 116 Å². The van der Waals surface area contributed by atoms with E-state index in [9.17, 15) is 9.59 Å². The van der Waals surface area contributed by atoms with Crippen molar-refractivity contribution < 1.29 is 9.59 Å². The van der Waals surface area contributed by atoms with E-state index in [-0.39, 0.29) is 17.9 Å². The van der Waals surface area contributed by atoms with Gasteiger partial charge in [-0.1, -0.05) is 0 Å². The van der Waals surface area contributed by atoms with Gasteiger partial charge in [-0.2, -0.15) is 0 Å². The lowest BCUT2D eigenvalue weighted by Crippen LogP contribution is -2.55. The molecule has 1 aliphatic carbocycles. The molecule has 0 spiro atoms. The maximum Gasteiger partial charge on any atom is 0.255 e. The van der Waals surface area contributed by atoms with Gasteiger partial charge in [0.15, 0.2) is 0 Å². The average molecular weight is 278 g/mol. The third kappa shape index (κ3) is 2.16. The van der Waals surface area contributed by atoms with Crippen molar-refractivity contribution in [2.24, 2.45) is 0 Å². The van der Waals surface area contributed by atoms with Crippen molar-refractivity contribution in [1.29, 1.82) is 0 Å². The molecule has 0 bridgehead atoms. The summed E-state index contributed by atoms with van der Waals surface area (Å²) in [6, 6.07) is -0.361. The molecule has 1 aliphatic heterocycles. The molecule has 1 unspecified atom stereocenters. The molecule has 2 aliphatic rings. The van der Waals surface area contributed by atoms with Crippen LogP contribution < -0.4 is 5.32 Å². The number of hydrogen-bond acceptors (Lipinski definition) is 3. The fourth-order valence-corrected chi connectivity index (χ4v) is 4.01. The highest BCUT2D eigenvalue weighted by atomic mass is 32.1. The van der Waals surface area contributed by atoms with Gasteiger partial charge in [-0.15, -0.1) is 11.3 Å². The van der Waals surface area contributed by atoms with Crippen molar-refractivity contribution >= 4 is 23.2 Å². The van der Waals surface area contributed by atoms with Crippen LogP contribution in [0.5, 0.6) is 0 Å². The highest BCUT2D eigenvalue weighted by molar-refractivity contribution is 7.10. The van der Waals surface area contributed by atoms with Crippen molar-refractivity contribution in [2.45, 2.75) is 38.6 Å². The molecular weight excluding hydrogens is 260 g/mol. The molecule has 2 heterocycles. The molecular formula is C14H18N2O2S. The van der Waals surface area contributed by atoms with E-state index < -0.39 is 0 Å². The van der Waals surface area contributed by atoms with Crippen LogP contribution >= 0.6 is 11.3 Å². The minimum absolute atomic E-state index is 0.0294. The van der Waals surface area contributed by atoms with Gasteiger partial charge in [0.25, 0.3) is 5.91 Å². The summed E-state index contributed by atoms with van der Waals surface area (Å²) >= 11 is 1.70. The second kappa shape index (κ2) is 4.96. The van der Waals surface area contributed by atoms with Gasteiger partial charge in [0.05, 0.1) is 5.56 Å². The van der Waals surface area contributed by atoms with E-state index in [0.29, 0.717) is 13.1 Å². The molecule has 19 heavy (non-hydrogen) atoms. The fraction of sp³-hybridized carbons (Fsp3) is 0.571. The molecule has 0 saturated carbocycles. The molecule has 102 valence electrons. The van der Waals surface area contributed by atoms with Crippen LogP contribution in [0.1, 0.15) is 40.6 Å². The predicted molar refractivity (Wildman–Crippen MR) is 74.5 cm³/mol. The van der Waals surface area contributed by atoms with E-state index in [0.717, 1.165) is 18.4 Å². The van der Waals surface area contributed by atoms with E-state index in [4.69, 9.17) is 0 Å². The normalized spacial score (nSPS) is 22.9. The van der Waals surface area contributed by atoms with Gasteiger partial charge >= 0.3 is 0 Å². The Morgan fingerprint density at radius 3 is 3.05 bits per heavy atom. The first kappa shape index (κ1) is 12.7. The van der Waals surface area contributed by atoms with Crippen LogP contribution in [0, 0.1) is 0 Å². The molecule has 1 aromatic rings. The molecule has 4 nitrogen and oxygen atoms in total. The smallest absolute Gasteiger partial charge is 0.255 e. The van der Waals surface area contributed by atoms with Crippen LogP contribution in [0.4, 0.5) is 0 Å². The number of rotatable bonds is 1. The molecule has 1 N–H and O–H groups in total. The summed E-state index contributed by atoms with van der Waals surface area (Å²) < 4.78 is 0. The quantitative estimate of drug-likeness (QED) is 0.848. The maximum absolute atomic E-state index is 12.6. The van der Waals surface area contributed by atoms with Crippen LogP contribution in [0.15, 0.2) is 5.38 Å². The molecule has 3 rings (SSSR count). The molecule has 1 aromatic heterocycles. The number of nitrogens with zero attached hydrogens (tertiary/aromatic N) is 1. The lowest BCUT2D eigenvalue weighted by Gasteiger charge is -2.33. The Morgan fingerprint density at radius 2 is 2.21 bits per heavy atom. The third-order valence-electron chi connectivity index (χ3n) is 4.05. The van der Waals surface area contributed by atoms with Gasteiger partial charge in [-0.3, -0.25) is 9.59 Å². The first-order valence-electron chi connectivity index (χ1n) is 6.86. The topological polar surface area (TPSA) is 49.4 Å². The Balaban J connectivity index is 1.87. The zero-order valence-electron chi connectivity index (χ0n) is 11.1. The summed E-state index contributed by atoms with van der Waals surface area (Å²) in [6.45, 7) is 2.96. The highest BCUT2D eigenvalue weighted by Crippen LogP contribution is 2.31. The number of carbonyl (C=O) groups excluding carboxylic acids is 2. The predicted octanol–water partition coefficient (Wildman–Crippen LogP) is 1.59. The van der Waals surface area contributed by atoms with Crippen LogP contribution in [-0.2, 0) is 17.6 Å². The average Bonchev–Trinajstić information content (AvgIpc) is 2.85. The summed E-state index contributed by atoms with van der Waals surface area (Å²) in [5.74, 6) is -0.0227. The number of thiophene rings is 1. The summed E-state index contributed by atoms with van der Waals surface area (Å²) in [5.41, 5.74) is 2.07. The van der Waals surface area contributed by atoms with Crippen LogP contribution in [0.2, 0.25) is 0 Å². The molecule has 1 fully saturated rings. The maximum atomic E-state index is 12.6. The minimum atomic E-state index is -0.361. The van der Waals surface area contributed by atoms with Crippen molar-refractivity contribution in [2.75, 3.05) is 13.1 Å². The van der Waals surface area contributed by atoms with Crippen molar-refractivity contribution in [3.05, 3.63) is 21.4 Å². The second-order valence-electron chi connectivity index (χ2n) is 5.22. The van der Waals surface area contributed by atoms with Crippen LogP contribution in [0.3, 0.4) is 0 Å². The number of nitrogens with one attached hydrogen (secondary N) is 1. The van der Waals surface area contributed by atoms with Crippen molar-refractivity contribution in [1.82, 2.24) is 10.2 Å². The number of piperazine rings is 1. The van der Waals surface area contributed by atoms with E-state index >= 15 is 0 Å². The van der Waals surface area contributed by atoms with Gasteiger partial charge in [0.2, 0.25) is 5.91 Å². The summed E-state index contributed by atoms with van der Waals surface area (Å²) in [6.07, 6.45) is 4.50. The first-order chi connectivity index (χ1) is 9.18. The molecule has 1 atom stereocenters. The number of aryl methyl sites for hydroxylation is 1. The Morgan fingerprint density at radius 1 is 1.42 bits per heavy atom. The Kier molecular flexibility index (Phi) is 3.31. The number of amides is 2. The number of carbonyl (C=O) groups is 2. The van der Waals surface area contributed by atoms with Crippen LogP contribution in [-0.4, -0.2) is 35.8 Å². The van der Waals surface area contributed by atoms with Gasteiger partial charge < -0.3 is 10.2 Å². The van der Waals surface area contributed by atoms with Crippen molar-refractivity contribution in [3.8, 4) is 0 Å². The van der Waals surface area contributed by atoms with Gasteiger partial charge in [0.1, 0.15) is 6.04 Å². The number of hydrogen-bond donors (Lipinski definition) is 1. The molecule has 5 heteroatoms. The summed E-state index contributed by atoms with van der Waals surface area (Å²) in [5, 5.41) is 4.78. The molecule has 0 radical (unpaired) electrons. The van der Waals surface area contributed by atoms with E-state index in [1.807, 2.05) is 5.38 Å². The van der Waals surface area contributed by atoms with Gasteiger partial charge in [0, 0.05) is 23.3 Å². The van der Waals surface area contributed by atoms with Gasteiger partial charge in [-0.25, -0.2) is 0 Å². The first-order valence-corrected chi connectivity index (χ1v) is 7.74. The molecule has 2 amide bonds. The second-order valence-corrected chi connectivity index (χ2v) is 6.19. The summed E-state index contributed by atoms with van der Waals surface area (Å²) in [7, 11) is 0. The Hall–Kier alpha value is -1.36. The van der Waals surface area contributed by atoms with Crippen LogP contribution in [0.25, 0.3) is 0 Å². The molecule has 1 saturated heterocycles. The largest absolute Gasteiger partial charge is 0.353 e. The van der Waals surface area contributed by atoms with Gasteiger partial charge in [-0.05, 0) is 38.2 Å². The third-order valence-corrected chi connectivity index (χ3v) is 5.14. The minimum Gasteiger partial charge on any atom is -0.353 e. The monoisotopic (exact) mass is 278 g/mol. The number of fused-ring (bicyclic) bond motifs is 1. The van der Waals surface area contributed by atoms with E-state index in [2.05, 4.69) is 5.32 Å². The van der Waals surface area contributed by atoms with E-state index in [1.54, 1.807) is 23.2 Å². The fourth-order valence-electron chi connectivity index (χ4n) is 2.89.